The summed E-state index contributed by atoms with van der Waals surface area (Å²) >= 11 is 0. The number of ether oxygens (including phenoxy) is 1. The van der Waals surface area contributed by atoms with Gasteiger partial charge < -0.3 is 25.0 Å². The maximum Gasteiger partial charge on any atom is 0.246 e. The van der Waals surface area contributed by atoms with Crippen LogP contribution in [-0.4, -0.2) is 63.6 Å². The number of carbonyl (C=O) groups is 2. The summed E-state index contributed by atoms with van der Waals surface area (Å²) in [5.74, 6) is 0.599. The number of aryl methyl sites for hydroxylation is 1. The number of aliphatic hydroxyl groups excluding tert-OH is 1. The maximum absolute atomic E-state index is 12.8. The average Bonchev–Trinajstić information content (AvgIpc) is 3.15. The van der Waals surface area contributed by atoms with E-state index in [4.69, 9.17) is 4.74 Å². The lowest BCUT2D eigenvalue weighted by molar-refractivity contribution is -0.141. The molecule has 1 aliphatic carbocycles. The van der Waals surface area contributed by atoms with Crippen molar-refractivity contribution < 1.29 is 19.4 Å². The molecule has 3 N–H and O–H groups in total. The number of hydrogen-bond donors (Lipinski definition) is 3. The summed E-state index contributed by atoms with van der Waals surface area (Å²) in [6.45, 7) is 2.93. The number of H-pyrrole nitrogens is 1. The van der Waals surface area contributed by atoms with Crippen LogP contribution in [0, 0.1) is 12.8 Å². The van der Waals surface area contributed by atoms with Gasteiger partial charge in [0.25, 0.3) is 0 Å². The van der Waals surface area contributed by atoms with Gasteiger partial charge >= 0.3 is 0 Å². The molecule has 2 aromatic rings. The Kier molecular flexibility index (Phi) is 6.87. The Hall–Kier alpha value is -2.45. The SMILES string of the molecule is Cc1ccc2nc(COCC(=O)N[C@H]3C[C@@H](O)CN(C(=O)C4CCCCC4)C3)[nH]c2c1. The first-order chi connectivity index (χ1) is 15.0. The zero-order valence-corrected chi connectivity index (χ0v) is 18.1. The highest BCUT2D eigenvalue weighted by atomic mass is 16.5. The van der Waals surface area contributed by atoms with Crippen LogP contribution in [0.25, 0.3) is 11.0 Å². The van der Waals surface area contributed by atoms with Crippen LogP contribution in [0.4, 0.5) is 0 Å². The van der Waals surface area contributed by atoms with Crippen molar-refractivity contribution in [2.75, 3.05) is 19.7 Å². The van der Waals surface area contributed by atoms with Gasteiger partial charge in [0.15, 0.2) is 0 Å². The Bertz CT molecular complexity index is 921. The molecule has 0 bridgehead atoms. The number of aromatic nitrogens is 2. The molecule has 1 aromatic carbocycles. The molecule has 8 heteroatoms. The third kappa shape index (κ3) is 5.62. The number of imidazole rings is 1. The number of amides is 2. The van der Waals surface area contributed by atoms with E-state index >= 15 is 0 Å². The second-order valence-electron chi connectivity index (χ2n) is 8.93. The first-order valence-corrected chi connectivity index (χ1v) is 11.3. The number of piperidine rings is 1. The van der Waals surface area contributed by atoms with Crippen molar-refractivity contribution in [3.8, 4) is 0 Å². The van der Waals surface area contributed by atoms with Crippen molar-refractivity contribution in [3.63, 3.8) is 0 Å². The van der Waals surface area contributed by atoms with Gasteiger partial charge in [-0.2, -0.15) is 0 Å². The molecule has 31 heavy (non-hydrogen) atoms. The second-order valence-corrected chi connectivity index (χ2v) is 8.93. The van der Waals surface area contributed by atoms with E-state index < -0.39 is 6.10 Å². The number of likely N-dealkylation sites (tertiary alicyclic amines) is 1. The smallest absolute Gasteiger partial charge is 0.246 e. The number of fused-ring (bicyclic) bond motifs is 1. The van der Waals surface area contributed by atoms with Gasteiger partial charge in [0.2, 0.25) is 11.8 Å². The first-order valence-electron chi connectivity index (χ1n) is 11.3. The van der Waals surface area contributed by atoms with Gasteiger partial charge in [0.05, 0.1) is 17.1 Å². The summed E-state index contributed by atoms with van der Waals surface area (Å²) in [6, 6.07) is 5.71. The standard InChI is InChI=1S/C23H32N4O4/c1-15-7-8-19-20(9-15)26-21(25-19)13-31-14-22(29)24-17-10-18(28)12-27(11-17)23(30)16-5-3-2-4-6-16/h7-9,16-18,28H,2-6,10-14H2,1H3,(H,24,29)(H,25,26)/t17-,18+/m0/s1. The lowest BCUT2D eigenvalue weighted by atomic mass is 9.87. The molecule has 2 heterocycles. The van der Waals surface area contributed by atoms with Gasteiger partial charge in [0.1, 0.15) is 19.0 Å². The van der Waals surface area contributed by atoms with E-state index in [1.165, 1.54) is 6.42 Å². The van der Waals surface area contributed by atoms with Gasteiger partial charge in [-0.3, -0.25) is 9.59 Å². The number of benzene rings is 1. The van der Waals surface area contributed by atoms with Gasteiger partial charge in [-0.25, -0.2) is 4.98 Å². The number of carbonyl (C=O) groups excluding carboxylic acids is 2. The maximum atomic E-state index is 12.8. The minimum absolute atomic E-state index is 0.0614. The number of aliphatic hydroxyl groups is 1. The highest BCUT2D eigenvalue weighted by Crippen LogP contribution is 2.26. The molecule has 0 radical (unpaired) electrons. The minimum Gasteiger partial charge on any atom is -0.391 e. The summed E-state index contributed by atoms with van der Waals surface area (Å²) in [6.07, 6.45) is 5.06. The van der Waals surface area contributed by atoms with E-state index in [0.29, 0.717) is 25.3 Å². The molecule has 2 atom stereocenters. The number of aromatic amines is 1. The molecule has 1 aliphatic heterocycles. The summed E-state index contributed by atoms with van der Waals surface area (Å²) in [7, 11) is 0. The van der Waals surface area contributed by atoms with Crippen molar-refractivity contribution in [1.82, 2.24) is 20.2 Å². The lowest BCUT2D eigenvalue weighted by Crippen LogP contribution is -2.55. The zero-order chi connectivity index (χ0) is 21.8. The minimum atomic E-state index is -0.619. The van der Waals surface area contributed by atoms with Crippen LogP contribution in [0.1, 0.15) is 49.9 Å². The molecule has 0 spiro atoms. The largest absolute Gasteiger partial charge is 0.391 e. The van der Waals surface area contributed by atoms with E-state index in [1.807, 2.05) is 25.1 Å². The third-order valence-corrected chi connectivity index (χ3v) is 6.22. The molecule has 1 aromatic heterocycles. The van der Waals surface area contributed by atoms with Crippen LogP contribution < -0.4 is 5.32 Å². The topological polar surface area (TPSA) is 108 Å². The predicted octanol–water partition coefficient (Wildman–Crippen LogP) is 2.05. The van der Waals surface area contributed by atoms with E-state index in [9.17, 15) is 14.7 Å². The van der Waals surface area contributed by atoms with E-state index in [1.54, 1.807) is 4.90 Å². The van der Waals surface area contributed by atoms with Gasteiger partial charge in [-0.1, -0.05) is 25.3 Å². The van der Waals surface area contributed by atoms with Crippen LogP contribution in [-0.2, 0) is 20.9 Å². The molecule has 1 saturated carbocycles. The Balaban J connectivity index is 1.24. The zero-order valence-electron chi connectivity index (χ0n) is 18.1. The first kappa shape index (κ1) is 21.8. The number of rotatable bonds is 6. The van der Waals surface area contributed by atoms with E-state index in [-0.39, 0.29) is 37.0 Å². The fraction of sp³-hybridized carbons (Fsp3) is 0.609. The molecule has 2 amide bonds. The number of nitrogens with zero attached hydrogens (tertiary/aromatic N) is 2. The molecule has 2 fully saturated rings. The fourth-order valence-electron chi connectivity index (χ4n) is 4.72. The van der Waals surface area contributed by atoms with Crippen LogP contribution in [0.5, 0.6) is 0 Å². The van der Waals surface area contributed by atoms with Crippen LogP contribution in [0.15, 0.2) is 18.2 Å². The van der Waals surface area contributed by atoms with Gasteiger partial charge in [0, 0.05) is 25.0 Å². The number of hydrogen-bond acceptors (Lipinski definition) is 5. The lowest BCUT2D eigenvalue weighted by Gasteiger charge is -2.38. The molecule has 0 unspecified atom stereocenters. The Morgan fingerprint density at radius 3 is 2.87 bits per heavy atom. The molecule has 8 nitrogen and oxygen atoms in total. The van der Waals surface area contributed by atoms with Gasteiger partial charge in [-0.05, 0) is 43.9 Å². The van der Waals surface area contributed by atoms with Crippen molar-refractivity contribution in [1.29, 1.82) is 0 Å². The fourth-order valence-corrected chi connectivity index (χ4v) is 4.72. The quantitative estimate of drug-likeness (QED) is 0.653. The molecule has 1 saturated heterocycles. The summed E-state index contributed by atoms with van der Waals surface area (Å²) in [5, 5.41) is 13.1. The van der Waals surface area contributed by atoms with Crippen molar-refractivity contribution >= 4 is 22.8 Å². The second kappa shape index (κ2) is 9.78. The Labute approximate surface area is 182 Å². The van der Waals surface area contributed by atoms with Gasteiger partial charge in [-0.15, -0.1) is 0 Å². The van der Waals surface area contributed by atoms with Crippen molar-refractivity contribution in [3.05, 3.63) is 29.6 Å². The molecular weight excluding hydrogens is 396 g/mol. The number of nitrogens with one attached hydrogen (secondary N) is 2. The normalized spacial score (nSPS) is 22.6. The molecule has 2 aliphatic rings. The van der Waals surface area contributed by atoms with Crippen molar-refractivity contribution in [2.45, 2.75) is 64.2 Å². The van der Waals surface area contributed by atoms with Crippen LogP contribution in [0.2, 0.25) is 0 Å². The molecule has 168 valence electrons. The van der Waals surface area contributed by atoms with Crippen LogP contribution >= 0.6 is 0 Å². The highest BCUT2D eigenvalue weighted by Gasteiger charge is 2.33. The molecule has 4 rings (SSSR count). The van der Waals surface area contributed by atoms with Crippen LogP contribution in [0.3, 0.4) is 0 Å². The highest BCUT2D eigenvalue weighted by molar-refractivity contribution is 5.80. The Morgan fingerprint density at radius 2 is 2.06 bits per heavy atom. The monoisotopic (exact) mass is 428 g/mol. The predicted molar refractivity (Wildman–Crippen MR) is 116 cm³/mol. The number of β-amino-alcohol motifs (C(OH)–C–C–N with tert-alkyl or cyclic N) is 1. The third-order valence-electron chi connectivity index (χ3n) is 6.22. The van der Waals surface area contributed by atoms with Crippen molar-refractivity contribution in [2.24, 2.45) is 5.92 Å². The van der Waals surface area contributed by atoms with E-state index in [2.05, 4.69) is 15.3 Å². The summed E-state index contributed by atoms with van der Waals surface area (Å²) in [5.41, 5.74) is 2.96. The average molecular weight is 429 g/mol. The Morgan fingerprint density at radius 1 is 1.26 bits per heavy atom. The molecular formula is C23H32N4O4. The summed E-state index contributed by atoms with van der Waals surface area (Å²) in [4.78, 5) is 34.6. The van der Waals surface area contributed by atoms with E-state index in [0.717, 1.165) is 42.3 Å². The summed E-state index contributed by atoms with van der Waals surface area (Å²) < 4.78 is 5.53.